The van der Waals surface area contributed by atoms with Crippen molar-refractivity contribution >= 4 is 23.4 Å². The molecule has 2 aromatic carbocycles. The highest BCUT2D eigenvalue weighted by Crippen LogP contribution is 2.29. The molecule has 1 atom stereocenters. The third kappa shape index (κ3) is 3.39. The van der Waals surface area contributed by atoms with Gasteiger partial charge in [0.05, 0.1) is 0 Å². The zero-order valence-electron chi connectivity index (χ0n) is 11.5. The first kappa shape index (κ1) is 14.8. The third-order valence-electron chi connectivity index (χ3n) is 3.29. The molecular formula is C16H13F2NO2S. The van der Waals surface area contributed by atoms with Crippen molar-refractivity contribution in [2.24, 2.45) is 0 Å². The Bertz CT molecular complexity index is 651. The molecule has 1 N–H and O–H groups in total. The van der Waals surface area contributed by atoms with E-state index in [0.717, 1.165) is 11.3 Å². The summed E-state index contributed by atoms with van der Waals surface area (Å²) in [5, 5.41) is 2.74. The van der Waals surface area contributed by atoms with Gasteiger partial charge in [-0.15, -0.1) is 0 Å². The van der Waals surface area contributed by atoms with Crippen molar-refractivity contribution in [3.8, 4) is 5.75 Å². The van der Waals surface area contributed by atoms with Crippen LogP contribution in [0.4, 0.5) is 14.5 Å². The minimum Gasteiger partial charge on any atom is -0.480 e. The van der Waals surface area contributed by atoms with Crippen LogP contribution in [0.5, 0.6) is 5.75 Å². The van der Waals surface area contributed by atoms with Crippen LogP contribution in [-0.4, -0.2) is 17.8 Å². The Balaban J connectivity index is 1.61. The SMILES string of the molecule is O=C(Nc1ccc(SC(F)F)cc1)C1Cc2ccccc2O1. The summed E-state index contributed by atoms with van der Waals surface area (Å²) in [6, 6.07) is 13.8. The van der Waals surface area contributed by atoms with Gasteiger partial charge in [0.25, 0.3) is 11.7 Å². The number of benzene rings is 2. The van der Waals surface area contributed by atoms with Crippen molar-refractivity contribution in [1.29, 1.82) is 0 Å². The summed E-state index contributed by atoms with van der Waals surface area (Å²) < 4.78 is 30.1. The van der Waals surface area contributed by atoms with Gasteiger partial charge in [0, 0.05) is 17.0 Å². The van der Waals surface area contributed by atoms with Crippen LogP contribution in [0.1, 0.15) is 5.56 Å². The molecule has 0 bridgehead atoms. The fourth-order valence-electron chi connectivity index (χ4n) is 2.27. The van der Waals surface area contributed by atoms with Crippen molar-refractivity contribution in [2.45, 2.75) is 23.2 Å². The van der Waals surface area contributed by atoms with Crippen LogP contribution >= 0.6 is 11.8 Å². The zero-order chi connectivity index (χ0) is 15.5. The van der Waals surface area contributed by atoms with Gasteiger partial charge >= 0.3 is 0 Å². The molecule has 6 heteroatoms. The number of rotatable bonds is 4. The first-order valence-corrected chi connectivity index (χ1v) is 7.60. The summed E-state index contributed by atoms with van der Waals surface area (Å²) in [6.45, 7) is 0. The van der Waals surface area contributed by atoms with Gasteiger partial charge < -0.3 is 10.1 Å². The quantitative estimate of drug-likeness (QED) is 0.867. The van der Waals surface area contributed by atoms with Crippen LogP contribution in [0, 0.1) is 0 Å². The number of thioether (sulfide) groups is 1. The lowest BCUT2D eigenvalue weighted by Gasteiger charge is -2.11. The molecule has 0 fully saturated rings. The van der Waals surface area contributed by atoms with Crippen molar-refractivity contribution in [3.05, 3.63) is 54.1 Å². The van der Waals surface area contributed by atoms with Crippen LogP contribution in [0.25, 0.3) is 0 Å². The van der Waals surface area contributed by atoms with E-state index in [2.05, 4.69) is 5.32 Å². The number of nitrogens with one attached hydrogen (secondary N) is 1. The number of alkyl halides is 2. The Kier molecular flexibility index (Phi) is 4.29. The molecule has 0 radical (unpaired) electrons. The third-order valence-corrected chi connectivity index (χ3v) is 4.01. The second-order valence-electron chi connectivity index (χ2n) is 4.81. The van der Waals surface area contributed by atoms with E-state index in [-0.39, 0.29) is 5.91 Å². The highest BCUT2D eigenvalue weighted by atomic mass is 32.2. The molecule has 1 aliphatic rings. The highest BCUT2D eigenvalue weighted by Gasteiger charge is 2.28. The van der Waals surface area contributed by atoms with E-state index in [4.69, 9.17) is 4.74 Å². The van der Waals surface area contributed by atoms with Gasteiger partial charge in [-0.25, -0.2) is 0 Å². The molecule has 0 spiro atoms. The van der Waals surface area contributed by atoms with Crippen LogP contribution in [-0.2, 0) is 11.2 Å². The molecule has 22 heavy (non-hydrogen) atoms. The summed E-state index contributed by atoms with van der Waals surface area (Å²) in [4.78, 5) is 12.6. The largest absolute Gasteiger partial charge is 0.480 e. The molecule has 0 aliphatic carbocycles. The van der Waals surface area contributed by atoms with E-state index in [1.165, 1.54) is 0 Å². The molecule has 1 amide bonds. The summed E-state index contributed by atoms with van der Waals surface area (Å²) in [5.41, 5.74) is 1.56. The number of para-hydroxylation sites is 1. The predicted octanol–water partition coefficient (Wildman–Crippen LogP) is 3.94. The van der Waals surface area contributed by atoms with Gasteiger partial charge in [-0.2, -0.15) is 8.78 Å². The molecule has 3 rings (SSSR count). The van der Waals surface area contributed by atoms with E-state index in [1.807, 2.05) is 24.3 Å². The maximum absolute atomic E-state index is 12.2. The smallest absolute Gasteiger partial charge is 0.288 e. The number of ether oxygens (including phenoxy) is 1. The number of hydrogen-bond acceptors (Lipinski definition) is 3. The fraction of sp³-hybridized carbons (Fsp3) is 0.188. The zero-order valence-corrected chi connectivity index (χ0v) is 12.3. The number of halogens is 2. The van der Waals surface area contributed by atoms with Crippen LogP contribution < -0.4 is 10.1 Å². The van der Waals surface area contributed by atoms with Crippen molar-refractivity contribution in [1.82, 2.24) is 0 Å². The van der Waals surface area contributed by atoms with E-state index < -0.39 is 11.9 Å². The second-order valence-corrected chi connectivity index (χ2v) is 5.87. The highest BCUT2D eigenvalue weighted by molar-refractivity contribution is 7.99. The van der Waals surface area contributed by atoms with Gasteiger partial charge in [0.2, 0.25) is 0 Å². The van der Waals surface area contributed by atoms with Gasteiger partial charge in [0.1, 0.15) is 5.75 Å². The molecule has 1 unspecified atom stereocenters. The summed E-state index contributed by atoms with van der Waals surface area (Å²) in [5.74, 6) is -1.97. The molecule has 1 aliphatic heterocycles. The monoisotopic (exact) mass is 321 g/mol. The molecule has 0 saturated heterocycles. The second kappa shape index (κ2) is 6.36. The number of anilines is 1. The summed E-state index contributed by atoms with van der Waals surface area (Å²) in [6.07, 6.45) is -0.0334. The Hall–Kier alpha value is -2.08. The minimum absolute atomic E-state index is 0.245. The topological polar surface area (TPSA) is 38.3 Å². The molecule has 2 aromatic rings. The van der Waals surface area contributed by atoms with E-state index in [1.54, 1.807) is 24.3 Å². The Morgan fingerprint density at radius 3 is 2.59 bits per heavy atom. The predicted molar refractivity (Wildman–Crippen MR) is 81.5 cm³/mol. The average molecular weight is 321 g/mol. The van der Waals surface area contributed by atoms with Crippen LogP contribution in [0.3, 0.4) is 0 Å². The molecule has 1 heterocycles. The maximum atomic E-state index is 12.2. The fourth-order valence-corrected chi connectivity index (χ4v) is 2.77. The first-order valence-electron chi connectivity index (χ1n) is 6.72. The van der Waals surface area contributed by atoms with E-state index >= 15 is 0 Å². The average Bonchev–Trinajstić information content (AvgIpc) is 2.93. The van der Waals surface area contributed by atoms with Crippen molar-refractivity contribution in [2.75, 3.05) is 5.32 Å². The standard InChI is InChI=1S/C16H13F2NO2S/c17-16(18)22-12-7-5-11(6-8-12)19-15(20)14-9-10-3-1-2-4-13(10)21-14/h1-8,14,16H,9H2,(H,19,20). The summed E-state index contributed by atoms with van der Waals surface area (Å²) >= 11 is 0.472. The molecule has 114 valence electrons. The number of carbonyl (C=O) groups is 1. The number of amides is 1. The molecular weight excluding hydrogens is 308 g/mol. The Morgan fingerprint density at radius 1 is 1.18 bits per heavy atom. The van der Waals surface area contributed by atoms with Crippen LogP contribution in [0.2, 0.25) is 0 Å². The lowest BCUT2D eigenvalue weighted by atomic mass is 10.1. The van der Waals surface area contributed by atoms with Gasteiger partial charge in [0.15, 0.2) is 6.10 Å². The van der Waals surface area contributed by atoms with E-state index in [9.17, 15) is 13.6 Å². The van der Waals surface area contributed by atoms with Gasteiger partial charge in [-0.3, -0.25) is 4.79 Å². The molecule has 3 nitrogen and oxygen atoms in total. The first-order chi connectivity index (χ1) is 10.6. The minimum atomic E-state index is -2.45. The van der Waals surface area contributed by atoms with Crippen molar-refractivity contribution in [3.63, 3.8) is 0 Å². The normalized spacial score (nSPS) is 16.2. The lowest BCUT2D eigenvalue weighted by Crippen LogP contribution is -2.31. The molecule has 0 saturated carbocycles. The maximum Gasteiger partial charge on any atom is 0.288 e. The Labute approximate surface area is 130 Å². The number of fused-ring (bicyclic) bond motifs is 1. The van der Waals surface area contributed by atoms with Gasteiger partial charge in [-0.05, 0) is 35.9 Å². The lowest BCUT2D eigenvalue weighted by molar-refractivity contribution is -0.122. The number of hydrogen-bond donors (Lipinski definition) is 1. The number of carbonyl (C=O) groups excluding carboxylic acids is 1. The van der Waals surface area contributed by atoms with Crippen LogP contribution in [0.15, 0.2) is 53.4 Å². The summed E-state index contributed by atoms with van der Waals surface area (Å²) in [7, 11) is 0. The Morgan fingerprint density at radius 2 is 1.91 bits per heavy atom. The van der Waals surface area contributed by atoms with E-state index in [0.29, 0.717) is 28.8 Å². The van der Waals surface area contributed by atoms with Crippen molar-refractivity contribution < 1.29 is 18.3 Å². The van der Waals surface area contributed by atoms with Gasteiger partial charge in [-0.1, -0.05) is 30.0 Å². The molecule has 0 aromatic heterocycles.